The maximum Gasteiger partial charge on any atom is 0.279 e. The maximum absolute atomic E-state index is 12.4. The van der Waals surface area contributed by atoms with E-state index in [9.17, 15) is 9.59 Å². The third-order valence-corrected chi connectivity index (χ3v) is 4.71. The van der Waals surface area contributed by atoms with E-state index in [4.69, 9.17) is 4.74 Å². The largest absolute Gasteiger partial charge is 0.481 e. The molecule has 0 aliphatic carbocycles. The molecule has 0 aliphatic rings. The highest BCUT2D eigenvalue weighted by molar-refractivity contribution is 5.84. The Balaban J connectivity index is 1.48. The molecule has 0 saturated heterocycles. The van der Waals surface area contributed by atoms with Crippen molar-refractivity contribution in [1.29, 1.82) is 0 Å². The highest BCUT2D eigenvalue weighted by Gasteiger charge is 2.19. The summed E-state index contributed by atoms with van der Waals surface area (Å²) in [5.74, 6) is -0.0148. The molecule has 2 N–H and O–H groups in total. The fourth-order valence-corrected chi connectivity index (χ4v) is 3.02. The molecule has 0 fully saturated rings. The van der Waals surface area contributed by atoms with Gasteiger partial charge in [-0.3, -0.25) is 20.4 Å². The zero-order valence-electron chi connectivity index (χ0n) is 17.0. The quantitative estimate of drug-likeness (QED) is 0.552. The van der Waals surface area contributed by atoms with E-state index in [1.165, 1.54) is 0 Å². The molecule has 0 bridgehead atoms. The molecule has 5 nitrogen and oxygen atoms in total. The van der Waals surface area contributed by atoms with Crippen molar-refractivity contribution in [3.63, 3.8) is 0 Å². The van der Waals surface area contributed by atoms with E-state index in [2.05, 4.69) is 10.9 Å². The first-order chi connectivity index (χ1) is 14.7. The van der Waals surface area contributed by atoms with Gasteiger partial charge in [0.05, 0.1) is 0 Å². The Kier molecular flexibility index (Phi) is 7.61. The van der Waals surface area contributed by atoms with Gasteiger partial charge < -0.3 is 4.74 Å². The first-order valence-corrected chi connectivity index (χ1v) is 10.1. The standard InChI is InChI=1S/C25H26N2O3/c1-2-23(25(29)27-26-24(28)18-13-19-9-5-3-6-10-19)30-22-16-14-21(15-17-22)20-11-7-4-8-12-20/h3-12,14-17,23H,2,13,18H2,1H3,(H,26,28)(H,27,29). The zero-order chi connectivity index (χ0) is 21.2. The summed E-state index contributed by atoms with van der Waals surface area (Å²) < 4.78 is 5.81. The summed E-state index contributed by atoms with van der Waals surface area (Å²) >= 11 is 0. The topological polar surface area (TPSA) is 67.4 Å². The van der Waals surface area contributed by atoms with Crippen LogP contribution >= 0.6 is 0 Å². The number of hydrogen-bond acceptors (Lipinski definition) is 3. The van der Waals surface area contributed by atoms with Crippen molar-refractivity contribution in [3.8, 4) is 16.9 Å². The number of carbonyl (C=O) groups excluding carboxylic acids is 2. The Bertz CT molecular complexity index is 941. The number of hydrogen-bond donors (Lipinski definition) is 2. The van der Waals surface area contributed by atoms with Gasteiger partial charge in [0.1, 0.15) is 5.75 Å². The third kappa shape index (κ3) is 6.21. The Morgan fingerprint density at radius 1 is 0.800 bits per heavy atom. The molecule has 1 atom stereocenters. The molecule has 0 aromatic heterocycles. The molecule has 0 saturated carbocycles. The van der Waals surface area contributed by atoms with Crippen LogP contribution in [0.2, 0.25) is 0 Å². The highest BCUT2D eigenvalue weighted by Crippen LogP contribution is 2.23. The van der Waals surface area contributed by atoms with E-state index in [1.54, 1.807) is 0 Å². The van der Waals surface area contributed by atoms with Crippen molar-refractivity contribution >= 4 is 11.8 Å². The second kappa shape index (κ2) is 10.8. The Labute approximate surface area is 177 Å². The van der Waals surface area contributed by atoms with E-state index in [-0.39, 0.29) is 11.8 Å². The molecule has 30 heavy (non-hydrogen) atoms. The molecule has 1 unspecified atom stereocenters. The number of aryl methyl sites for hydroxylation is 1. The van der Waals surface area contributed by atoms with Crippen LogP contribution in [0.15, 0.2) is 84.9 Å². The molecule has 3 rings (SSSR count). The normalized spacial score (nSPS) is 11.4. The average molecular weight is 402 g/mol. The van der Waals surface area contributed by atoms with Crippen LogP contribution < -0.4 is 15.6 Å². The minimum Gasteiger partial charge on any atom is -0.481 e. The molecule has 0 heterocycles. The smallest absolute Gasteiger partial charge is 0.279 e. The lowest BCUT2D eigenvalue weighted by molar-refractivity contribution is -0.133. The summed E-state index contributed by atoms with van der Waals surface area (Å²) in [6.45, 7) is 1.86. The minimum absolute atomic E-state index is 0.241. The minimum atomic E-state index is -0.693. The molecule has 2 amide bonds. The molecular formula is C25H26N2O3. The highest BCUT2D eigenvalue weighted by atomic mass is 16.5. The maximum atomic E-state index is 12.4. The van der Waals surface area contributed by atoms with Gasteiger partial charge in [0.15, 0.2) is 6.10 Å². The van der Waals surface area contributed by atoms with Gasteiger partial charge in [0.2, 0.25) is 5.91 Å². The predicted octanol–water partition coefficient (Wildman–Crippen LogP) is 4.29. The fourth-order valence-electron chi connectivity index (χ4n) is 3.02. The van der Waals surface area contributed by atoms with Crippen molar-refractivity contribution < 1.29 is 14.3 Å². The SMILES string of the molecule is CCC(Oc1ccc(-c2ccccc2)cc1)C(=O)NNC(=O)CCc1ccccc1. The average Bonchev–Trinajstić information content (AvgIpc) is 2.81. The Morgan fingerprint density at radius 2 is 1.40 bits per heavy atom. The first kappa shape index (κ1) is 21.1. The summed E-state index contributed by atoms with van der Waals surface area (Å²) in [5, 5.41) is 0. The molecule has 3 aromatic rings. The van der Waals surface area contributed by atoms with Crippen LogP contribution in [0.25, 0.3) is 11.1 Å². The number of ether oxygens (including phenoxy) is 1. The Hall–Kier alpha value is -3.60. The van der Waals surface area contributed by atoms with Crippen molar-refractivity contribution in [1.82, 2.24) is 10.9 Å². The number of carbonyl (C=O) groups is 2. The lowest BCUT2D eigenvalue weighted by Crippen LogP contribution is -2.48. The molecule has 0 aliphatic heterocycles. The van der Waals surface area contributed by atoms with Crippen molar-refractivity contribution in [3.05, 3.63) is 90.5 Å². The van der Waals surface area contributed by atoms with E-state index >= 15 is 0 Å². The molecule has 0 spiro atoms. The van der Waals surface area contributed by atoms with Crippen molar-refractivity contribution in [2.75, 3.05) is 0 Å². The van der Waals surface area contributed by atoms with Gasteiger partial charge >= 0.3 is 0 Å². The van der Waals surface area contributed by atoms with E-state index < -0.39 is 6.10 Å². The van der Waals surface area contributed by atoms with Gasteiger partial charge in [-0.1, -0.05) is 79.7 Å². The lowest BCUT2D eigenvalue weighted by Gasteiger charge is -2.18. The molecule has 0 radical (unpaired) electrons. The van der Waals surface area contributed by atoms with Crippen LogP contribution in [0.1, 0.15) is 25.3 Å². The van der Waals surface area contributed by atoms with Gasteiger partial charge in [-0.15, -0.1) is 0 Å². The second-order valence-electron chi connectivity index (χ2n) is 6.93. The van der Waals surface area contributed by atoms with Crippen LogP contribution in [0.5, 0.6) is 5.75 Å². The van der Waals surface area contributed by atoms with Gasteiger partial charge in [-0.05, 0) is 41.7 Å². The van der Waals surface area contributed by atoms with Crippen molar-refractivity contribution in [2.45, 2.75) is 32.3 Å². The molecule has 3 aromatic carbocycles. The molecule has 5 heteroatoms. The molecular weight excluding hydrogens is 376 g/mol. The Morgan fingerprint density at radius 3 is 2.03 bits per heavy atom. The number of rotatable bonds is 8. The lowest BCUT2D eigenvalue weighted by atomic mass is 10.1. The van der Waals surface area contributed by atoms with E-state index in [1.807, 2.05) is 91.9 Å². The van der Waals surface area contributed by atoms with Crippen molar-refractivity contribution in [2.24, 2.45) is 0 Å². The number of hydrazine groups is 1. The number of benzene rings is 3. The van der Waals surface area contributed by atoms with E-state index in [0.29, 0.717) is 25.0 Å². The van der Waals surface area contributed by atoms with Crippen LogP contribution in [-0.4, -0.2) is 17.9 Å². The molecule has 154 valence electrons. The first-order valence-electron chi connectivity index (χ1n) is 10.1. The zero-order valence-corrected chi connectivity index (χ0v) is 17.0. The van der Waals surface area contributed by atoms with E-state index in [0.717, 1.165) is 16.7 Å². The van der Waals surface area contributed by atoms with Gasteiger partial charge in [-0.25, -0.2) is 0 Å². The van der Waals surface area contributed by atoms with Gasteiger partial charge in [-0.2, -0.15) is 0 Å². The monoisotopic (exact) mass is 402 g/mol. The number of amides is 2. The predicted molar refractivity (Wildman–Crippen MR) is 118 cm³/mol. The summed E-state index contributed by atoms with van der Waals surface area (Å²) in [5.41, 5.74) is 8.20. The summed E-state index contributed by atoms with van der Waals surface area (Å²) in [4.78, 5) is 24.4. The fraction of sp³-hybridized carbons (Fsp3) is 0.200. The van der Waals surface area contributed by atoms with Crippen LogP contribution in [0.4, 0.5) is 0 Å². The summed E-state index contributed by atoms with van der Waals surface area (Å²) in [6, 6.07) is 27.4. The van der Waals surface area contributed by atoms with Crippen LogP contribution in [0.3, 0.4) is 0 Å². The van der Waals surface area contributed by atoms with Crippen LogP contribution in [-0.2, 0) is 16.0 Å². The van der Waals surface area contributed by atoms with Gasteiger partial charge in [0, 0.05) is 6.42 Å². The summed E-state index contributed by atoms with van der Waals surface area (Å²) in [7, 11) is 0. The number of nitrogens with one attached hydrogen (secondary N) is 2. The van der Waals surface area contributed by atoms with Gasteiger partial charge in [0.25, 0.3) is 5.91 Å². The third-order valence-electron chi connectivity index (χ3n) is 4.71. The second-order valence-corrected chi connectivity index (χ2v) is 6.93. The van der Waals surface area contributed by atoms with Crippen LogP contribution in [0, 0.1) is 0 Å². The summed E-state index contributed by atoms with van der Waals surface area (Å²) in [6.07, 6.45) is 0.695.